The number of hydrogen-bond donors (Lipinski definition) is 0. The Morgan fingerprint density at radius 1 is 1.14 bits per heavy atom. The molecular formula is C28H33ClN2O4. The van der Waals surface area contributed by atoms with Gasteiger partial charge in [0.2, 0.25) is 17.7 Å². The van der Waals surface area contributed by atoms with Gasteiger partial charge >= 0.3 is 0 Å². The number of piperidine rings is 1. The molecule has 2 aliphatic heterocycles. The van der Waals surface area contributed by atoms with Crippen molar-refractivity contribution in [2.75, 3.05) is 33.4 Å². The van der Waals surface area contributed by atoms with Crippen molar-refractivity contribution in [1.82, 2.24) is 9.80 Å². The molecule has 0 bridgehead atoms. The molecule has 2 saturated heterocycles. The Morgan fingerprint density at radius 3 is 2.63 bits per heavy atom. The fraction of sp³-hybridized carbons (Fsp3) is 0.464. The SMILES string of the molecule is COCCCN1C(=O)C[C@](CC(=O)N2CCC[C@@H](c3ccccc3C)C2)(c2ccccc2Cl)C1=O. The van der Waals surface area contributed by atoms with Crippen LogP contribution in [0.2, 0.25) is 5.02 Å². The third kappa shape index (κ3) is 5.14. The molecule has 0 saturated carbocycles. The summed E-state index contributed by atoms with van der Waals surface area (Å²) in [4.78, 5) is 43.6. The average molecular weight is 497 g/mol. The van der Waals surface area contributed by atoms with E-state index in [1.54, 1.807) is 31.4 Å². The normalized spacial score (nSPS) is 22.7. The molecule has 2 aliphatic rings. The van der Waals surface area contributed by atoms with Gasteiger partial charge in [0.05, 0.1) is 5.41 Å². The monoisotopic (exact) mass is 496 g/mol. The number of carbonyl (C=O) groups excluding carboxylic acids is 3. The van der Waals surface area contributed by atoms with Crippen LogP contribution in [0, 0.1) is 6.92 Å². The molecule has 0 radical (unpaired) electrons. The van der Waals surface area contributed by atoms with E-state index in [2.05, 4.69) is 19.1 Å². The zero-order valence-electron chi connectivity index (χ0n) is 20.5. The molecule has 0 aliphatic carbocycles. The average Bonchev–Trinajstić information content (AvgIpc) is 3.09. The minimum absolute atomic E-state index is 0.0522. The maximum atomic E-state index is 13.8. The molecule has 2 aromatic carbocycles. The minimum atomic E-state index is -1.28. The topological polar surface area (TPSA) is 66.9 Å². The minimum Gasteiger partial charge on any atom is -0.385 e. The van der Waals surface area contributed by atoms with Crippen molar-refractivity contribution >= 4 is 29.3 Å². The fourth-order valence-corrected chi connectivity index (χ4v) is 5.88. The number of imide groups is 1. The lowest BCUT2D eigenvalue weighted by atomic mass is 9.75. The standard InChI is InChI=1S/C28H33ClN2O4/c1-20-9-3-4-11-22(20)21-10-7-14-30(19-21)25(32)17-28(23-12-5-6-13-24(23)29)18-26(33)31(27(28)34)15-8-16-35-2/h3-6,9,11-13,21H,7-8,10,14-19H2,1-2H3/t21-,28-/m1/s1. The van der Waals surface area contributed by atoms with Gasteiger partial charge in [-0.25, -0.2) is 0 Å². The number of benzene rings is 2. The molecule has 6 nitrogen and oxygen atoms in total. The van der Waals surface area contributed by atoms with Crippen molar-refractivity contribution < 1.29 is 19.1 Å². The van der Waals surface area contributed by atoms with Crippen LogP contribution in [0.3, 0.4) is 0 Å². The van der Waals surface area contributed by atoms with Crippen LogP contribution in [0.5, 0.6) is 0 Å². The van der Waals surface area contributed by atoms with E-state index in [4.69, 9.17) is 16.3 Å². The van der Waals surface area contributed by atoms with Gasteiger partial charge in [0.15, 0.2) is 0 Å². The van der Waals surface area contributed by atoms with Gasteiger partial charge in [0, 0.05) is 57.1 Å². The molecule has 2 heterocycles. The summed E-state index contributed by atoms with van der Waals surface area (Å²) in [6.45, 7) is 4.08. The Morgan fingerprint density at radius 2 is 1.89 bits per heavy atom. The molecule has 2 aromatic rings. The Hall–Kier alpha value is -2.70. The van der Waals surface area contributed by atoms with E-state index in [0.717, 1.165) is 12.8 Å². The first-order valence-electron chi connectivity index (χ1n) is 12.3. The quantitative estimate of drug-likeness (QED) is 0.399. The van der Waals surface area contributed by atoms with Gasteiger partial charge < -0.3 is 9.64 Å². The van der Waals surface area contributed by atoms with Crippen molar-refractivity contribution in [3.8, 4) is 0 Å². The second-order valence-corrected chi connectivity index (χ2v) is 10.1. The molecule has 35 heavy (non-hydrogen) atoms. The summed E-state index contributed by atoms with van der Waals surface area (Å²) >= 11 is 6.54. The Balaban J connectivity index is 1.60. The first-order chi connectivity index (χ1) is 16.9. The molecule has 2 fully saturated rings. The number of nitrogens with zero attached hydrogens (tertiary/aromatic N) is 2. The second kappa shape index (κ2) is 10.9. The van der Waals surface area contributed by atoms with E-state index in [0.29, 0.717) is 36.7 Å². The van der Waals surface area contributed by atoms with Gasteiger partial charge in [-0.1, -0.05) is 54.1 Å². The summed E-state index contributed by atoms with van der Waals surface area (Å²) in [5.41, 5.74) is 1.76. The van der Waals surface area contributed by atoms with Gasteiger partial charge in [-0.05, 0) is 48.9 Å². The molecule has 186 valence electrons. The molecule has 0 aromatic heterocycles. The lowest BCUT2D eigenvalue weighted by Crippen LogP contribution is -2.46. The van der Waals surface area contributed by atoms with E-state index >= 15 is 0 Å². The number of methoxy groups -OCH3 is 1. The smallest absolute Gasteiger partial charge is 0.240 e. The van der Waals surface area contributed by atoms with Crippen LogP contribution in [-0.2, 0) is 24.5 Å². The van der Waals surface area contributed by atoms with E-state index in [1.807, 2.05) is 17.0 Å². The van der Waals surface area contributed by atoms with Crippen LogP contribution < -0.4 is 0 Å². The number of aryl methyl sites for hydroxylation is 1. The predicted molar refractivity (Wildman–Crippen MR) is 135 cm³/mol. The van der Waals surface area contributed by atoms with Gasteiger partial charge in [-0.15, -0.1) is 0 Å². The molecule has 0 unspecified atom stereocenters. The van der Waals surface area contributed by atoms with Crippen LogP contribution in [-0.4, -0.2) is 60.9 Å². The number of ether oxygens (including phenoxy) is 1. The molecule has 4 rings (SSSR count). The van der Waals surface area contributed by atoms with Crippen LogP contribution in [0.4, 0.5) is 0 Å². The van der Waals surface area contributed by atoms with Crippen molar-refractivity contribution in [1.29, 1.82) is 0 Å². The number of halogens is 1. The molecule has 0 N–H and O–H groups in total. The summed E-state index contributed by atoms with van der Waals surface area (Å²) < 4.78 is 5.10. The summed E-state index contributed by atoms with van der Waals surface area (Å²) in [5, 5.41) is 0.400. The van der Waals surface area contributed by atoms with E-state index in [1.165, 1.54) is 16.0 Å². The van der Waals surface area contributed by atoms with Gasteiger partial charge in [-0.2, -0.15) is 0 Å². The van der Waals surface area contributed by atoms with Crippen LogP contribution in [0.1, 0.15) is 54.7 Å². The summed E-state index contributed by atoms with van der Waals surface area (Å²) in [6, 6.07) is 15.4. The number of hydrogen-bond acceptors (Lipinski definition) is 4. The number of rotatable bonds is 8. The summed E-state index contributed by atoms with van der Waals surface area (Å²) in [6.07, 6.45) is 2.35. The van der Waals surface area contributed by atoms with Crippen LogP contribution >= 0.6 is 11.6 Å². The van der Waals surface area contributed by atoms with E-state index < -0.39 is 5.41 Å². The highest BCUT2D eigenvalue weighted by molar-refractivity contribution is 6.32. The number of amides is 3. The molecule has 3 amide bonds. The Labute approximate surface area is 212 Å². The fourth-order valence-electron chi connectivity index (χ4n) is 5.56. The molecular weight excluding hydrogens is 464 g/mol. The summed E-state index contributed by atoms with van der Waals surface area (Å²) in [5.74, 6) is -0.456. The van der Waals surface area contributed by atoms with Crippen LogP contribution in [0.15, 0.2) is 48.5 Å². The maximum absolute atomic E-state index is 13.8. The van der Waals surface area contributed by atoms with Crippen molar-refractivity contribution in [2.45, 2.75) is 50.4 Å². The van der Waals surface area contributed by atoms with Crippen molar-refractivity contribution in [3.05, 3.63) is 70.2 Å². The van der Waals surface area contributed by atoms with Gasteiger partial charge in [-0.3, -0.25) is 19.3 Å². The Bertz CT molecular complexity index is 1100. The molecule has 2 atom stereocenters. The zero-order chi connectivity index (χ0) is 25.0. The lowest BCUT2D eigenvalue weighted by molar-refractivity contribution is -0.143. The third-order valence-electron chi connectivity index (χ3n) is 7.38. The largest absolute Gasteiger partial charge is 0.385 e. The number of likely N-dealkylation sites (tertiary alicyclic amines) is 2. The first kappa shape index (κ1) is 25.4. The van der Waals surface area contributed by atoms with Crippen LogP contribution in [0.25, 0.3) is 0 Å². The zero-order valence-corrected chi connectivity index (χ0v) is 21.2. The Kier molecular flexibility index (Phi) is 7.92. The van der Waals surface area contributed by atoms with E-state index in [-0.39, 0.29) is 43.0 Å². The predicted octanol–water partition coefficient (Wildman–Crippen LogP) is 4.48. The third-order valence-corrected chi connectivity index (χ3v) is 7.71. The maximum Gasteiger partial charge on any atom is 0.240 e. The highest BCUT2D eigenvalue weighted by Gasteiger charge is 2.54. The highest BCUT2D eigenvalue weighted by Crippen LogP contribution is 2.43. The molecule has 7 heteroatoms. The van der Waals surface area contributed by atoms with Crippen molar-refractivity contribution in [2.24, 2.45) is 0 Å². The van der Waals surface area contributed by atoms with E-state index in [9.17, 15) is 14.4 Å². The second-order valence-electron chi connectivity index (χ2n) is 9.65. The van der Waals surface area contributed by atoms with Gasteiger partial charge in [0.1, 0.15) is 0 Å². The molecule has 0 spiro atoms. The van der Waals surface area contributed by atoms with Crippen molar-refractivity contribution in [3.63, 3.8) is 0 Å². The number of carbonyl (C=O) groups is 3. The lowest BCUT2D eigenvalue weighted by Gasteiger charge is -2.36. The highest BCUT2D eigenvalue weighted by atomic mass is 35.5. The summed E-state index contributed by atoms with van der Waals surface area (Å²) in [7, 11) is 1.59. The van der Waals surface area contributed by atoms with Gasteiger partial charge in [0.25, 0.3) is 0 Å². The first-order valence-corrected chi connectivity index (χ1v) is 12.7.